The quantitative estimate of drug-likeness (QED) is 0.325. The Morgan fingerprint density at radius 3 is 1.39 bits per heavy atom. The first-order valence-corrected chi connectivity index (χ1v) is 12.0. The normalized spacial score (nSPS) is 11.0. The molecule has 4 aromatic heterocycles. The Morgan fingerprint density at radius 2 is 0.944 bits per heavy atom. The molecule has 0 saturated heterocycles. The van der Waals surface area contributed by atoms with Gasteiger partial charge in [0.25, 0.3) is 12.7 Å². The summed E-state index contributed by atoms with van der Waals surface area (Å²) in [5.74, 6) is 1.71. The van der Waals surface area contributed by atoms with Crippen LogP contribution in [0, 0.1) is 0 Å². The Labute approximate surface area is 210 Å². The maximum atomic E-state index is 4.90. The topological polar surface area (TPSA) is 43.4 Å². The number of nitrogens with zero attached hydrogens (tertiary/aromatic N) is 6. The number of pyridine rings is 2. The molecule has 0 aliphatic carbocycles. The molecule has 0 atom stereocenters. The minimum absolute atomic E-state index is 0.818. The lowest BCUT2D eigenvalue weighted by Gasteiger charge is -2.03. The molecule has 0 fully saturated rings. The van der Waals surface area contributed by atoms with Gasteiger partial charge >= 0.3 is 0 Å². The second kappa shape index (κ2) is 9.80. The third-order valence-electron chi connectivity index (χ3n) is 6.06. The van der Waals surface area contributed by atoms with Crippen LogP contribution >= 0.6 is 0 Å². The summed E-state index contributed by atoms with van der Waals surface area (Å²) in [6.45, 7) is 1.64. The third-order valence-corrected chi connectivity index (χ3v) is 6.06. The number of rotatable bonds is 7. The molecule has 36 heavy (non-hydrogen) atoms. The van der Waals surface area contributed by atoms with Crippen LogP contribution in [0.2, 0.25) is 0 Å². The highest BCUT2D eigenvalue weighted by molar-refractivity contribution is 5.56. The molecule has 4 heterocycles. The van der Waals surface area contributed by atoms with Crippen LogP contribution in [0.15, 0.2) is 135 Å². The molecular weight excluding hydrogens is 444 g/mol. The molecule has 6 nitrogen and oxygen atoms in total. The molecule has 0 saturated carbocycles. The maximum Gasteiger partial charge on any atom is 0.250 e. The lowest BCUT2D eigenvalue weighted by atomic mass is 10.2. The van der Waals surface area contributed by atoms with Crippen molar-refractivity contribution < 1.29 is 9.13 Å². The van der Waals surface area contributed by atoms with E-state index in [-0.39, 0.29) is 0 Å². The molecule has 0 N–H and O–H groups in total. The van der Waals surface area contributed by atoms with Crippen molar-refractivity contribution in [2.45, 2.75) is 13.1 Å². The Hall–Kier alpha value is -4.84. The fourth-order valence-electron chi connectivity index (χ4n) is 4.25. The third kappa shape index (κ3) is 4.83. The number of hydrogen-bond donors (Lipinski definition) is 0. The second-order valence-electron chi connectivity index (χ2n) is 8.72. The second-order valence-corrected chi connectivity index (χ2v) is 8.72. The fraction of sp³-hybridized carbons (Fsp3) is 0.0667. The highest BCUT2D eigenvalue weighted by Crippen LogP contribution is 2.18. The van der Waals surface area contributed by atoms with Crippen LogP contribution in [-0.2, 0) is 13.1 Å². The van der Waals surface area contributed by atoms with Crippen molar-refractivity contribution in [2.75, 3.05) is 0 Å². The highest BCUT2D eigenvalue weighted by Gasteiger charge is 2.13. The van der Waals surface area contributed by atoms with E-state index in [4.69, 9.17) is 9.97 Å². The maximum absolute atomic E-state index is 4.90. The first-order valence-electron chi connectivity index (χ1n) is 12.0. The summed E-state index contributed by atoms with van der Waals surface area (Å²) in [5.41, 5.74) is 4.19. The zero-order valence-corrected chi connectivity index (χ0v) is 19.8. The van der Waals surface area contributed by atoms with Gasteiger partial charge in [0.15, 0.2) is 0 Å². The molecule has 174 valence electrons. The van der Waals surface area contributed by atoms with Gasteiger partial charge in [-0.1, -0.05) is 72.8 Å². The van der Waals surface area contributed by atoms with E-state index in [0.29, 0.717) is 0 Å². The van der Waals surface area contributed by atoms with Gasteiger partial charge in [0.2, 0.25) is 11.6 Å². The lowest BCUT2D eigenvalue weighted by molar-refractivity contribution is -0.687. The molecule has 6 aromatic rings. The summed E-state index contributed by atoms with van der Waals surface area (Å²) in [6.07, 6.45) is 12.3. The van der Waals surface area contributed by atoms with E-state index in [0.717, 1.165) is 36.1 Å². The van der Waals surface area contributed by atoms with Crippen LogP contribution < -0.4 is 9.13 Å². The predicted octanol–water partition coefficient (Wildman–Crippen LogP) is 4.40. The molecule has 0 aliphatic heterocycles. The van der Waals surface area contributed by atoms with E-state index in [9.17, 15) is 0 Å². The van der Waals surface area contributed by atoms with Gasteiger partial charge in [-0.2, -0.15) is 9.13 Å². The fourth-order valence-corrected chi connectivity index (χ4v) is 4.25. The van der Waals surface area contributed by atoms with Gasteiger partial charge in [-0.15, -0.1) is 0 Å². The van der Waals surface area contributed by atoms with E-state index < -0.39 is 0 Å². The van der Waals surface area contributed by atoms with Crippen LogP contribution in [0.25, 0.3) is 23.0 Å². The van der Waals surface area contributed by atoms with E-state index in [1.165, 1.54) is 11.1 Å². The van der Waals surface area contributed by atoms with Crippen LogP contribution in [0.5, 0.6) is 0 Å². The van der Waals surface area contributed by atoms with Crippen LogP contribution in [-0.4, -0.2) is 19.1 Å². The average molecular weight is 471 g/mol. The SMILES string of the molecule is c1ccc(C[n+]2ccn(-c3cccc(-c4cccc(-n5cc[n+](Cc6ccccc6)c5)n4)n3)c2)cc1. The zero-order chi connectivity index (χ0) is 24.2. The largest absolute Gasteiger partial charge is 0.250 e. The van der Waals surface area contributed by atoms with Gasteiger partial charge in [-0.05, 0) is 23.3 Å². The van der Waals surface area contributed by atoms with Crippen molar-refractivity contribution in [3.63, 3.8) is 0 Å². The summed E-state index contributed by atoms with van der Waals surface area (Å²) in [4.78, 5) is 9.80. The molecule has 0 amide bonds. The molecule has 6 heteroatoms. The Balaban J connectivity index is 1.22. The number of aromatic nitrogens is 6. The minimum atomic E-state index is 0.818. The lowest BCUT2D eigenvalue weighted by Crippen LogP contribution is -2.31. The van der Waals surface area contributed by atoms with E-state index >= 15 is 0 Å². The van der Waals surface area contributed by atoms with E-state index in [1.54, 1.807) is 0 Å². The summed E-state index contributed by atoms with van der Waals surface area (Å²) in [6, 6.07) is 33.0. The monoisotopic (exact) mass is 470 g/mol. The van der Waals surface area contributed by atoms with Gasteiger partial charge in [-0.3, -0.25) is 0 Å². The highest BCUT2D eigenvalue weighted by atomic mass is 15.2. The molecule has 0 bridgehead atoms. The van der Waals surface area contributed by atoms with Crippen molar-refractivity contribution in [1.29, 1.82) is 0 Å². The van der Waals surface area contributed by atoms with Gasteiger partial charge in [0.05, 0.1) is 11.4 Å². The molecule has 0 unspecified atom stereocenters. The van der Waals surface area contributed by atoms with Crippen molar-refractivity contribution >= 4 is 0 Å². The molecule has 2 aromatic carbocycles. The number of imidazole rings is 2. The number of hydrogen-bond acceptors (Lipinski definition) is 2. The van der Waals surface area contributed by atoms with E-state index in [2.05, 4.69) is 82.7 Å². The Bertz CT molecular complexity index is 1460. The minimum Gasteiger partial charge on any atom is -0.232 e. The van der Waals surface area contributed by atoms with Crippen molar-refractivity contribution in [2.24, 2.45) is 0 Å². The van der Waals surface area contributed by atoms with Gasteiger partial charge in [0, 0.05) is 12.1 Å². The predicted molar refractivity (Wildman–Crippen MR) is 138 cm³/mol. The first-order chi connectivity index (χ1) is 17.8. The molecule has 6 rings (SSSR count). The van der Waals surface area contributed by atoms with Crippen LogP contribution in [0.1, 0.15) is 11.1 Å². The van der Waals surface area contributed by atoms with Crippen LogP contribution in [0.4, 0.5) is 0 Å². The standard InChI is InChI=1S/C30H26N6/c1-3-9-25(10-4-1)21-33-17-19-35(23-33)29-15-7-13-27(31-29)28-14-8-16-30(32-28)36-20-18-34(24-36)22-26-11-5-2-6-12-26/h1-20,23-24H,21-22H2/q+2. The zero-order valence-electron chi connectivity index (χ0n) is 19.8. The first kappa shape index (κ1) is 21.7. The Morgan fingerprint density at radius 1 is 0.500 bits per heavy atom. The van der Waals surface area contributed by atoms with Gasteiger partial charge in [-0.25, -0.2) is 19.1 Å². The van der Waals surface area contributed by atoms with Crippen molar-refractivity contribution in [1.82, 2.24) is 19.1 Å². The van der Waals surface area contributed by atoms with Gasteiger partial charge < -0.3 is 0 Å². The average Bonchev–Trinajstić information content (AvgIpc) is 3.60. The number of benzene rings is 2. The molecule has 0 spiro atoms. The van der Waals surface area contributed by atoms with Crippen molar-refractivity contribution in [3.8, 4) is 23.0 Å². The smallest absolute Gasteiger partial charge is 0.232 e. The summed E-state index contributed by atoms with van der Waals surface area (Å²) in [7, 11) is 0. The van der Waals surface area contributed by atoms with Crippen LogP contribution in [0.3, 0.4) is 0 Å². The summed E-state index contributed by atoms with van der Waals surface area (Å²) in [5, 5.41) is 0. The van der Waals surface area contributed by atoms with E-state index in [1.807, 2.05) is 70.1 Å². The summed E-state index contributed by atoms with van der Waals surface area (Å²) >= 11 is 0. The molecule has 0 aliphatic rings. The Kier molecular flexibility index (Phi) is 5.90. The molecular formula is C30H26N6+2. The molecule has 0 radical (unpaired) electrons. The summed E-state index contributed by atoms with van der Waals surface area (Å²) < 4.78 is 8.38. The van der Waals surface area contributed by atoms with Crippen molar-refractivity contribution in [3.05, 3.63) is 146 Å². The van der Waals surface area contributed by atoms with Gasteiger partial charge in [0.1, 0.15) is 37.9 Å².